The van der Waals surface area contributed by atoms with E-state index < -0.39 is 8.67 Å². The molecule has 0 atom stereocenters. The lowest BCUT2D eigenvalue weighted by Crippen LogP contribution is -2.33. The fourth-order valence-corrected chi connectivity index (χ4v) is 2.05. The Bertz CT molecular complexity index is 120. The summed E-state index contributed by atoms with van der Waals surface area (Å²) in [6.45, 7) is 0. The molecule has 0 aromatic rings. The molecule has 0 aliphatic heterocycles. The molecule has 1 fully saturated rings. The first-order valence-electron chi connectivity index (χ1n) is 3.21. The van der Waals surface area contributed by atoms with Gasteiger partial charge in [0.2, 0.25) is 3.79 Å². The average molecular weight is 222 g/mol. The van der Waals surface area contributed by atoms with Gasteiger partial charge in [-0.3, -0.25) is 0 Å². The summed E-state index contributed by atoms with van der Waals surface area (Å²) >= 11 is 23.1. The molecule has 1 aliphatic carbocycles. The van der Waals surface area contributed by atoms with Crippen LogP contribution >= 0.6 is 46.4 Å². The first-order chi connectivity index (χ1) is 4.46. The van der Waals surface area contributed by atoms with Crippen LogP contribution in [0.1, 0.15) is 25.7 Å². The first kappa shape index (κ1) is 9.25. The quantitative estimate of drug-likeness (QED) is 0.545. The number of rotatable bonds is 0. The second-order valence-corrected chi connectivity index (χ2v) is 5.67. The SMILES string of the molecule is ClC(Cl)(Cl)C1(Cl)CCCC1. The smallest absolute Gasteiger partial charge is 0.115 e. The molecule has 0 aromatic heterocycles. The molecule has 0 bridgehead atoms. The maximum atomic E-state index is 6.05. The van der Waals surface area contributed by atoms with Crippen LogP contribution in [0.4, 0.5) is 0 Å². The summed E-state index contributed by atoms with van der Waals surface area (Å²) in [6, 6.07) is 0. The normalized spacial score (nSPS) is 25.2. The van der Waals surface area contributed by atoms with E-state index in [0.29, 0.717) is 0 Å². The third-order valence-corrected chi connectivity index (χ3v) is 3.94. The zero-order valence-corrected chi connectivity index (χ0v) is 8.36. The lowest BCUT2D eigenvalue weighted by atomic mass is 10.1. The molecule has 0 spiro atoms. The van der Waals surface area contributed by atoms with E-state index >= 15 is 0 Å². The van der Waals surface area contributed by atoms with Gasteiger partial charge in [0.05, 0.1) is 4.87 Å². The van der Waals surface area contributed by atoms with Gasteiger partial charge in [-0.15, -0.1) is 11.6 Å². The van der Waals surface area contributed by atoms with Crippen molar-refractivity contribution in [1.29, 1.82) is 0 Å². The highest BCUT2D eigenvalue weighted by Crippen LogP contribution is 2.51. The predicted octanol–water partition coefficient (Wildman–Crippen LogP) is 3.91. The van der Waals surface area contributed by atoms with Crippen LogP contribution < -0.4 is 0 Å². The van der Waals surface area contributed by atoms with Crippen molar-refractivity contribution in [2.45, 2.75) is 34.3 Å². The number of halogens is 4. The molecule has 1 saturated carbocycles. The Morgan fingerprint density at radius 2 is 1.40 bits per heavy atom. The number of alkyl halides is 4. The van der Waals surface area contributed by atoms with Gasteiger partial charge in [-0.25, -0.2) is 0 Å². The summed E-state index contributed by atoms with van der Waals surface area (Å²) in [7, 11) is 0. The van der Waals surface area contributed by atoms with Gasteiger partial charge in [0, 0.05) is 0 Å². The summed E-state index contributed by atoms with van der Waals surface area (Å²) in [5.41, 5.74) is 0. The van der Waals surface area contributed by atoms with Crippen molar-refractivity contribution in [2.24, 2.45) is 0 Å². The molecule has 60 valence electrons. The van der Waals surface area contributed by atoms with Gasteiger partial charge >= 0.3 is 0 Å². The summed E-state index contributed by atoms with van der Waals surface area (Å²) in [5, 5.41) is 0. The van der Waals surface area contributed by atoms with Crippen LogP contribution in [0.5, 0.6) is 0 Å². The lowest BCUT2D eigenvalue weighted by Gasteiger charge is -2.28. The van der Waals surface area contributed by atoms with Crippen LogP contribution in [0, 0.1) is 0 Å². The van der Waals surface area contributed by atoms with Gasteiger partial charge in [-0.1, -0.05) is 47.6 Å². The molecule has 0 saturated heterocycles. The van der Waals surface area contributed by atoms with Crippen molar-refractivity contribution in [3.8, 4) is 0 Å². The molecular weight excluding hydrogens is 214 g/mol. The summed E-state index contributed by atoms with van der Waals surface area (Å²) < 4.78 is -1.30. The van der Waals surface area contributed by atoms with Crippen molar-refractivity contribution >= 4 is 46.4 Å². The van der Waals surface area contributed by atoms with E-state index in [1.54, 1.807) is 0 Å². The molecule has 1 aliphatic rings. The minimum absolute atomic E-state index is 0.600. The molecule has 0 heterocycles. The number of hydrogen-bond donors (Lipinski definition) is 0. The Morgan fingerprint density at radius 3 is 1.60 bits per heavy atom. The molecule has 10 heavy (non-hydrogen) atoms. The van der Waals surface area contributed by atoms with Crippen molar-refractivity contribution in [2.75, 3.05) is 0 Å². The Hall–Kier alpha value is 1.16. The molecule has 0 amide bonds. The predicted molar refractivity (Wildman–Crippen MR) is 47.3 cm³/mol. The molecule has 4 heteroatoms. The fraction of sp³-hybridized carbons (Fsp3) is 1.00. The summed E-state index contributed by atoms with van der Waals surface area (Å²) in [4.78, 5) is -0.600. The van der Waals surface area contributed by atoms with E-state index in [2.05, 4.69) is 0 Å². The third-order valence-electron chi connectivity index (χ3n) is 1.90. The van der Waals surface area contributed by atoms with Crippen molar-refractivity contribution in [3.05, 3.63) is 0 Å². The molecular formula is C6H8Cl4. The highest BCUT2D eigenvalue weighted by atomic mass is 35.6. The minimum atomic E-state index is -1.30. The Morgan fingerprint density at radius 1 is 1.00 bits per heavy atom. The van der Waals surface area contributed by atoms with Gasteiger partial charge in [-0.2, -0.15) is 0 Å². The van der Waals surface area contributed by atoms with Crippen LogP contribution in [0.25, 0.3) is 0 Å². The molecule has 0 nitrogen and oxygen atoms in total. The van der Waals surface area contributed by atoms with Gasteiger partial charge in [0.1, 0.15) is 0 Å². The van der Waals surface area contributed by atoms with Crippen LogP contribution in [0.15, 0.2) is 0 Å². The highest BCUT2D eigenvalue weighted by molar-refractivity contribution is 6.71. The second-order valence-electron chi connectivity index (χ2n) is 2.67. The summed E-state index contributed by atoms with van der Waals surface area (Å²) in [5.74, 6) is 0. The van der Waals surface area contributed by atoms with Crippen LogP contribution in [-0.2, 0) is 0 Å². The maximum absolute atomic E-state index is 6.05. The average Bonchev–Trinajstić information content (AvgIpc) is 2.13. The van der Waals surface area contributed by atoms with Crippen LogP contribution in [0.3, 0.4) is 0 Å². The molecule has 1 rings (SSSR count). The zero-order valence-electron chi connectivity index (χ0n) is 5.34. The van der Waals surface area contributed by atoms with Gasteiger partial charge in [0.15, 0.2) is 0 Å². The van der Waals surface area contributed by atoms with E-state index in [1.165, 1.54) is 0 Å². The van der Waals surface area contributed by atoms with Crippen LogP contribution in [0.2, 0.25) is 0 Å². The largest absolute Gasteiger partial charge is 0.209 e. The van der Waals surface area contributed by atoms with E-state index in [1.807, 2.05) is 0 Å². The van der Waals surface area contributed by atoms with Gasteiger partial charge in [0.25, 0.3) is 0 Å². The van der Waals surface area contributed by atoms with E-state index in [4.69, 9.17) is 46.4 Å². The van der Waals surface area contributed by atoms with E-state index in [9.17, 15) is 0 Å². The third kappa shape index (κ3) is 1.66. The Labute approximate surface area is 80.8 Å². The Balaban J connectivity index is 2.67. The highest BCUT2D eigenvalue weighted by Gasteiger charge is 2.48. The van der Waals surface area contributed by atoms with E-state index in [0.717, 1.165) is 25.7 Å². The summed E-state index contributed by atoms with van der Waals surface area (Å²) in [6.07, 6.45) is 3.75. The van der Waals surface area contributed by atoms with E-state index in [-0.39, 0.29) is 0 Å². The number of hydrogen-bond acceptors (Lipinski definition) is 0. The lowest BCUT2D eigenvalue weighted by molar-refractivity contribution is 0.608. The fourth-order valence-electron chi connectivity index (χ4n) is 1.22. The van der Waals surface area contributed by atoms with Gasteiger partial charge < -0.3 is 0 Å². The monoisotopic (exact) mass is 220 g/mol. The van der Waals surface area contributed by atoms with Crippen molar-refractivity contribution in [3.63, 3.8) is 0 Å². The molecule has 0 N–H and O–H groups in total. The van der Waals surface area contributed by atoms with Crippen LogP contribution in [-0.4, -0.2) is 8.67 Å². The minimum Gasteiger partial charge on any atom is -0.115 e. The molecule has 0 unspecified atom stereocenters. The molecule has 0 radical (unpaired) electrons. The maximum Gasteiger partial charge on any atom is 0.209 e. The first-order valence-corrected chi connectivity index (χ1v) is 4.72. The second kappa shape index (κ2) is 2.90. The Kier molecular flexibility index (Phi) is 2.68. The standard InChI is InChI=1S/C6H8Cl4/c7-5(6(8,9)10)3-1-2-4-5/h1-4H2. The van der Waals surface area contributed by atoms with Crippen molar-refractivity contribution in [1.82, 2.24) is 0 Å². The van der Waals surface area contributed by atoms with Gasteiger partial charge in [-0.05, 0) is 12.8 Å². The van der Waals surface area contributed by atoms with Crippen molar-refractivity contribution < 1.29 is 0 Å². The molecule has 0 aromatic carbocycles. The zero-order chi connectivity index (χ0) is 7.83. The topological polar surface area (TPSA) is 0 Å².